The van der Waals surface area contributed by atoms with Gasteiger partial charge in [0.1, 0.15) is 5.69 Å². The third kappa shape index (κ3) is 3.05. The van der Waals surface area contributed by atoms with Gasteiger partial charge in [0, 0.05) is 50.3 Å². The van der Waals surface area contributed by atoms with Crippen molar-refractivity contribution in [3.05, 3.63) is 59.4 Å². The summed E-state index contributed by atoms with van der Waals surface area (Å²) in [6, 6.07) is 11.8. The number of aromatic nitrogens is 1. The topological polar surface area (TPSA) is 73.7 Å². The number of aryl methyl sites for hydroxylation is 1. The zero-order valence-corrected chi connectivity index (χ0v) is 15.5. The van der Waals surface area contributed by atoms with Gasteiger partial charge in [-0.05, 0) is 30.2 Å². The molecule has 0 radical (unpaired) electrons. The molecule has 2 fully saturated rings. The number of fused-ring (bicyclic) bond motifs is 1. The summed E-state index contributed by atoms with van der Waals surface area (Å²) in [6.07, 6.45) is 1.55. The summed E-state index contributed by atoms with van der Waals surface area (Å²) in [4.78, 5) is 31.7. The molecular weight excluding hydrogens is 342 g/mol. The number of carboxylic acids is 1. The molecule has 2 aromatic rings. The first-order valence-electron chi connectivity index (χ1n) is 9.22. The number of hydrogen-bond donors (Lipinski definition) is 1. The molecule has 4 rings (SSSR count). The summed E-state index contributed by atoms with van der Waals surface area (Å²) < 4.78 is 0. The van der Waals surface area contributed by atoms with E-state index >= 15 is 0 Å². The summed E-state index contributed by atoms with van der Waals surface area (Å²) in [7, 11) is 0. The van der Waals surface area contributed by atoms with Gasteiger partial charge >= 0.3 is 5.97 Å². The van der Waals surface area contributed by atoms with Gasteiger partial charge < -0.3 is 14.9 Å². The van der Waals surface area contributed by atoms with Crippen molar-refractivity contribution < 1.29 is 14.7 Å². The standard InChI is InChI=1S/C21H23N3O3/c1-13-5-3-4-6-17(13)20-18-12-23(10-15(18)11-24(20)14(2)25)16-7-8-22-19(9-16)21(26)27/h3-9,15,18,20H,10-12H2,1-2H3,(H,26,27)/t15-,18-,20+/m1/s1. The zero-order chi connectivity index (χ0) is 19.1. The van der Waals surface area contributed by atoms with Crippen LogP contribution in [0.3, 0.4) is 0 Å². The maximum atomic E-state index is 12.3. The number of carbonyl (C=O) groups is 2. The fourth-order valence-corrected chi connectivity index (χ4v) is 4.63. The van der Waals surface area contributed by atoms with Crippen LogP contribution in [0.1, 0.15) is 34.6 Å². The van der Waals surface area contributed by atoms with E-state index in [-0.39, 0.29) is 17.6 Å². The summed E-state index contributed by atoms with van der Waals surface area (Å²) in [5, 5.41) is 9.21. The zero-order valence-electron chi connectivity index (χ0n) is 15.5. The maximum Gasteiger partial charge on any atom is 0.354 e. The van der Waals surface area contributed by atoms with Crippen LogP contribution >= 0.6 is 0 Å². The van der Waals surface area contributed by atoms with Gasteiger partial charge in [0.2, 0.25) is 5.91 Å². The summed E-state index contributed by atoms with van der Waals surface area (Å²) in [6.45, 7) is 6.10. The predicted molar refractivity (Wildman–Crippen MR) is 102 cm³/mol. The van der Waals surface area contributed by atoms with Gasteiger partial charge in [-0.1, -0.05) is 24.3 Å². The number of benzene rings is 1. The highest BCUT2D eigenvalue weighted by atomic mass is 16.4. The van der Waals surface area contributed by atoms with Gasteiger partial charge in [-0.3, -0.25) is 4.79 Å². The number of aromatic carboxylic acids is 1. The molecule has 6 nitrogen and oxygen atoms in total. The lowest BCUT2D eigenvalue weighted by Gasteiger charge is -2.30. The SMILES string of the molecule is CC(=O)N1C[C@H]2CN(c3ccnc(C(=O)O)c3)C[C@H]2[C@@H]1c1ccccc1C. The van der Waals surface area contributed by atoms with Crippen molar-refractivity contribution >= 4 is 17.6 Å². The Bertz CT molecular complexity index is 898. The third-order valence-electron chi connectivity index (χ3n) is 5.90. The van der Waals surface area contributed by atoms with Crippen molar-refractivity contribution in [1.29, 1.82) is 0 Å². The van der Waals surface area contributed by atoms with Gasteiger partial charge in [-0.25, -0.2) is 9.78 Å². The van der Waals surface area contributed by atoms with E-state index in [1.54, 1.807) is 19.2 Å². The number of carboxylic acid groups (broad SMARTS) is 1. The van der Waals surface area contributed by atoms with Crippen LogP contribution in [0.15, 0.2) is 42.6 Å². The van der Waals surface area contributed by atoms with Gasteiger partial charge in [0.05, 0.1) is 6.04 Å². The lowest BCUT2D eigenvalue weighted by atomic mass is 9.87. The number of pyridine rings is 1. The van der Waals surface area contributed by atoms with E-state index in [0.29, 0.717) is 11.8 Å². The highest BCUT2D eigenvalue weighted by Crippen LogP contribution is 2.46. The number of rotatable bonds is 3. The summed E-state index contributed by atoms with van der Waals surface area (Å²) in [5.41, 5.74) is 3.35. The van der Waals surface area contributed by atoms with Gasteiger partial charge in [0.25, 0.3) is 0 Å². The molecule has 1 amide bonds. The van der Waals surface area contributed by atoms with Crippen LogP contribution in [-0.4, -0.2) is 46.5 Å². The molecule has 27 heavy (non-hydrogen) atoms. The Morgan fingerprint density at radius 2 is 1.93 bits per heavy atom. The molecule has 3 heterocycles. The fraction of sp³-hybridized carbons (Fsp3) is 0.381. The van der Waals surface area contributed by atoms with Gasteiger partial charge in [-0.15, -0.1) is 0 Å². The molecule has 0 saturated carbocycles. The number of amides is 1. The minimum atomic E-state index is -1.02. The molecule has 2 aliphatic heterocycles. The maximum absolute atomic E-state index is 12.3. The molecule has 0 aliphatic carbocycles. The van der Waals surface area contributed by atoms with Crippen LogP contribution in [0.25, 0.3) is 0 Å². The van der Waals surface area contributed by atoms with Gasteiger partial charge in [0.15, 0.2) is 0 Å². The molecule has 2 saturated heterocycles. The molecule has 3 atom stereocenters. The third-order valence-corrected chi connectivity index (χ3v) is 5.90. The molecular formula is C21H23N3O3. The second-order valence-electron chi connectivity index (χ2n) is 7.51. The Balaban J connectivity index is 1.64. The summed E-state index contributed by atoms with van der Waals surface area (Å²) in [5.74, 6) is -0.200. The molecule has 0 bridgehead atoms. The van der Waals surface area contributed by atoms with Crippen molar-refractivity contribution in [2.45, 2.75) is 19.9 Å². The van der Waals surface area contributed by atoms with Crippen LogP contribution in [0.4, 0.5) is 5.69 Å². The van der Waals surface area contributed by atoms with Crippen molar-refractivity contribution in [2.24, 2.45) is 11.8 Å². The van der Waals surface area contributed by atoms with Crippen LogP contribution in [-0.2, 0) is 4.79 Å². The number of carbonyl (C=O) groups excluding carboxylic acids is 1. The van der Waals surface area contributed by atoms with E-state index < -0.39 is 5.97 Å². The molecule has 0 unspecified atom stereocenters. The number of anilines is 1. The van der Waals surface area contributed by atoms with Crippen LogP contribution in [0, 0.1) is 18.8 Å². The average molecular weight is 365 g/mol. The van der Waals surface area contributed by atoms with Crippen molar-refractivity contribution in [1.82, 2.24) is 9.88 Å². The first-order valence-corrected chi connectivity index (χ1v) is 9.22. The minimum absolute atomic E-state index is 0.0605. The smallest absolute Gasteiger partial charge is 0.354 e. The van der Waals surface area contributed by atoms with E-state index in [0.717, 1.165) is 25.3 Å². The fourth-order valence-electron chi connectivity index (χ4n) is 4.63. The van der Waals surface area contributed by atoms with E-state index in [1.807, 2.05) is 23.1 Å². The quantitative estimate of drug-likeness (QED) is 0.905. The first kappa shape index (κ1) is 17.5. The Morgan fingerprint density at radius 1 is 1.15 bits per heavy atom. The van der Waals surface area contributed by atoms with Crippen molar-refractivity contribution in [3.8, 4) is 0 Å². The molecule has 1 aromatic heterocycles. The average Bonchev–Trinajstić information content (AvgIpc) is 3.20. The van der Waals surface area contributed by atoms with Crippen molar-refractivity contribution in [2.75, 3.05) is 24.5 Å². The normalized spacial score (nSPS) is 24.1. The number of hydrogen-bond acceptors (Lipinski definition) is 4. The first-order chi connectivity index (χ1) is 13.0. The second kappa shape index (κ2) is 6.68. The highest BCUT2D eigenvalue weighted by Gasteiger charge is 2.48. The van der Waals surface area contributed by atoms with Crippen molar-refractivity contribution in [3.63, 3.8) is 0 Å². The molecule has 1 N–H and O–H groups in total. The predicted octanol–water partition coefficient (Wildman–Crippen LogP) is 2.74. The summed E-state index contributed by atoms with van der Waals surface area (Å²) >= 11 is 0. The monoisotopic (exact) mass is 365 g/mol. The number of likely N-dealkylation sites (tertiary alicyclic amines) is 1. The van der Waals surface area contributed by atoms with Crippen LogP contribution in [0.2, 0.25) is 0 Å². The largest absolute Gasteiger partial charge is 0.477 e. The lowest BCUT2D eigenvalue weighted by molar-refractivity contribution is -0.130. The van der Waals surface area contributed by atoms with Crippen LogP contribution in [0.5, 0.6) is 0 Å². The van der Waals surface area contributed by atoms with E-state index in [1.165, 1.54) is 11.1 Å². The molecule has 2 aliphatic rings. The second-order valence-corrected chi connectivity index (χ2v) is 7.51. The Kier molecular flexibility index (Phi) is 4.34. The molecule has 6 heteroatoms. The molecule has 1 aromatic carbocycles. The molecule has 140 valence electrons. The Hall–Kier alpha value is -2.89. The van der Waals surface area contributed by atoms with Crippen LogP contribution < -0.4 is 4.90 Å². The number of nitrogens with zero attached hydrogens (tertiary/aromatic N) is 3. The Morgan fingerprint density at radius 3 is 2.63 bits per heavy atom. The highest BCUT2D eigenvalue weighted by molar-refractivity contribution is 5.86. The lowest BCUT2D eigenvalue weighted by Crippen LogP contribution is -2.34. The van der Waals surface area contributed by atoms with E-state index in [9.17, 15) is 14.7 Å². The van der Waals surface area contributed by atoms with E-state index in [2.05, 4.69) is 28.9 Å². The van der Waals surface area contributed by atoms with E-state index in [4.69, 9.17) is 0 Å². The molecule has 0 spiro atoms. The van der Waals surface area contributed by atoms with Gasteiger partial charge in [-0.2, -0.15) is 0 Å². The minimum Gasteiger partial charge on any atom is -0.477 e. The Labute approximate surface area is 158 Å².